The van der Waals surface area contributed by atoms with Crippen molar-refractivity contribution in [3.05, 3.63) is 28.5 Å². The van der Waals surface area contributed by atoms with Gasteiger partial charge in [0.25, 0.3) is 0 Å². The van der Waals surface area contributed by atoms with Gasteiger partial charge in [-0.3, -0.25) is 10.8 Å². The Morgan fingerprint density at radius 1 is 1.63 bits per heavy atom. The first kappa shape index (κ1) is 14.4. The zero-order valence-corrected chi connectivity index (χ0v) is 9.99. The van der Waals surface area contributed by atoms with E-state index in [0.29, 0.717) is 0 Å². The van der Waals surface area contributed by atoms with Crippen molar-refractivity contribution in [2.45, 2.75) is 0 Å². The quantitative estimate of drug-likeness (QED) is 0.376. The molecule has 0 radical (unpaired) electrons. The highest BCUT2D eigenvalue weighted by atomic mass is 35.5. The maximum Gasteiger partial charge on any atom is 0.337 e. The van der Waals surface area contributed by atoms with Gasteiger partial charge in [-0.2, -0.15) is 10.4 Å². The van der Waals surface area contributed by atoms with Crippen LogP contribution in [0.15, 0.2) is 17.2 Å². The summed E-state index contributed by atoms with van der Waals surface area (Å²) in [5, 5.41) is 27.5. The standard InChI is InChI=1S/C10H7ClFN5O2/c11-5-2-1-4(10(18)19)8(7(5)12)17-16-6(3-13)9(14)15/h1-2,17H,(H3,14,15)(H,18,19)/b16-6+. The Bertz CT molecular complexity index is 623. The van der Waals surface area contributed by atoms with Crippen molar-refractivity contribution in [3.8, 4) is 6.07 Å². The van der Waals surface area contributed by atoms with Crippen LogP contribution in [0.3, 0.4) is 0 Å². The number of carboxylic acids is 1. The van der Waals surface area contributed by atoms with Crippen LogP contribution in [0.25, 0.3) is 0 Å². The monoisotopic (exact) mass is 283 g/mol. The summed E-state index contributed by atoms with van der Waals surface area (Å²) in [5.41, 5.74) is 5.61. The molecular weight excluding hydrogens is 277 g/mol. The molecule has 0 spiro atoms. The predicted molar refractivity (Wildman–Crippen MR) is 67.0 cm³/mol. The van der Waals surface area contributed by atoms with E-state index in [2.05, 4.69) is 5.10 Å². The fraction of sp³-hybridized carbons (Fsp3) is 0. The Labute approximate surface area is 111 Å². The summed E-state index contributed by atoms with van der Waals surface area (Å²) in [7, 11) is 0. The lowest BCUT2D eigenvalue weighted by atomic mass is 10.2. The highest BCUT2D eigenvalue weighted by Gasteiger charge is 2.17. The first-order valence-electron chi connectivity index (χ1n) is 4.68. The van der Waals surface area contributed by atoms with Crippen molar-refractivity contribution in [1.29, 1.82) is 10.7 Å². The van der Waals surface area contributed by atoms with Crippen molar-refractivity contribution in [2.24, 2.45) is 10.8 Å². The van der Waals surface area contributed by atoms with E-state index < -0.39 is 34.6 Å². The number of benzene rings is 1. The normalized spacial score (nSPS) is 10.7. The summed E-state index contributed by atoms with van der Waals surface area (Å²) >= 11 is 5.51. The fourth-order valence-electron chi connectivity index (χ4n) is 1.10. The average Bonchev–Trinajstić information content (AvgIpc) is 2.34. The van der Waals surface area contributed by atoms with Gasteiger partial charge in [0.2, 0.25) is 5.71 Å². The van der Waals surface area contributed by atoms with Crippen LogP contribution in [0, 0.1) is 22.6 Å². The molecule has 9 heteroatoms. The lowest BCUT2D eigenvalue weighted by Crippen LogP contribution is -2.22. The molecule has 98 valence electrons. The molecule has 7 nitrogen and oxygen atoms in total. The number of amidine groups is 1. The van der Waals surface area contributed by atoms with E-state index in [1.165, 1.54) is 6.07 Å². The predicted octanol–water partition coefficient (Wildman–Crippen LogP) is 1.40. The number of halogens is 2. The van der Waals surface area contributed by atoms with Crippen LogP contribution in [0.1, 0.15) is 10.4 Å². The summed E-state index contributed by atoms with van der Waals surface area (Å²) in [6, 6.07) is 3.64. The van der Waals surface area contributed by atoms with Crippen LogP contribution in [0.5, 0.6) is 0 Å². The van der Waals surface area contributed by atoms with Gasteiger partial charge < -0.3 is 10.8 Å². The van der Waals surface area contributed by atoms with E-state index >= 15 is 0 Å². The molecule has 0 aliphatic rings. The molecule has 1 aromatic rings. The number of hydrogen-bond acceptors (Lipinski definition) is 5. The summed E-state index contributed by atoms with van der Waals surface area (Å²) in [4.78, 5) is 10.9. The average molecular weight is 284 g/mol. The van der Waals surface area contributed by atoms with Gasteiger partial charge in [-0.1, -0.05) is 11.6 Å². The Kier molecular flexibility index (Phi) is 4.39. The minimum absolute atomic E-state index is 0.316. The molecule has 0 aliphatic heterocycles. The molecule has 0 aromatic heterocycles. The first-order chi connectivity index (χ1) is 8.88. The summed E-state index contributed by atoms with van der Waals surface area (Å²) in [6.45, 7) is 0. The topological polar surface area (TPSA) is 135 Å². The molecule has 0 atom stereocenters. The molecule has 1 aromatic carbocycles. The summed E-state index contributed by atoms with van der Waals surface area (Å²) < 4.78 is 13.7. The number of rotatable bonds is 4. The highest BCUT2D eigenvalue weighted by Crippen LogP contribution is 2.26. The van der Waals surface area contributed by atoms with E-state index in [0.717, 1.165) is 12.1 Å². The zero-order valence-electron chi connectivity index (χ0n) is 9.24. The van der Waals surface area contributed by atoms with E-state index in [1.54, 1.807) is 0 Å². The largest absolute Gasteiger partial charge is 0.478 e. The molecule has 0 aliphatic carbocycles. The van der Waals surface area contributed by atoms with Crippen LogP contribution in [0.4, 0.5) is 10.1 Å². The van der Waals surface area contributed by atoms with Gasteiger partial charge in [0, 0.05) is 0 Å². The number of nitrogens with two attached hydrogens (primary N) is 1. The van der Waals surface area contributed by atoms with Crippen LogP contribution in [0.2, 0.25) is 5.02 Å². The first-order valence-corrected chi connectivity index (χ1v) is 5.05. The van der Waals surface area contributed by atoms with Crippen LogP contribution in [-0.4, -0.2) is 22.6 Å². The second-order valence-electron chi connectivity index (χ2n) is 3.19. The Morgan fingerprint density at radius 2 is 2.26 bits per heavy atom. The third-order valence-corrected chi connectivity index (χ3v) is 2.26. The number of aromatic carboxylic acids is 1. The maximum atomic E-state index is 13.7. The number of carbonyl (C=O) groups is 1. The van der Waals surface area contributed by atoms with Gasteiger partial charge >= 0.3 is 5.97 Å². The molecule has 0 amide bonds. The minimum atomic E-state index is -1.41. The number of hydrogen-bond donors (Lipinski definition) is 4. The van der Waals surface area contributed by atoms with Crippen LogP contribution < -0.4 is 11.2 Å². The van der Waals surface area contributed by atoms with Crippen molar-refractivity contribution in [2.75, 3.05) is 5.43 Å². The van der Waals surface area contributed by atoms with Gasteiger partial charge in [0.05, 0.1) is 10.6 Å². The van der Waals surface area contributed by atoms with Crippen molar-refractivity contribution in [1.82, 2.24) is 0 Å². The van der Waals surface area contributed by atoms with E-state index in [9.17, 15) is 9.18 Å². The molecule has 5 N–H and O–H groups in total. The second kappa shape index (κ2) is 5.79. The molecule has 1 rings (SSSR count). The number of nitrogens with zero attached hydrogens (tertiary/aromatic N) is 2. The third-order valence-electron chi connectivity index (χ3n) is 1.97. The van der Waals surface area contributed by atoms with Crippen LogP contribution >= 0.6 is 11.6 Å². The zero-order chi connectivity index (χ0) is 14.6. The molecule has 0 bridgehead atoms. The minimum Gasteiger partial charge on any atom is -0.478 e. The number of hydrazone groups is 1. The van der Waals surface area contributed by atoms with Gasteiger partial charge in [0.15, 0.2) is 11.7 Å². The Hall–Kier alpha value is -2.66. The Morgan fingerprint density at radius 3 is 2.74 bits per heavy atom. The molecular formula is C10H7ClFN5O2. The van der Waals surface area contributed by atoms with Gasteiger partial charge in [0.1, 0.15) is 11.8 Å². The molecule has 0 heterocycles. The molecule has 0 saturated carbocycles. The van der Waals surface area contributed by atoms with E-state index in [4.69, 9.17) is 33.1 Å². The second-order valence-corrected chi connectivity index (χ2v) is 3.59. The van der Waals surface area contributed by atoms with Gasteiger partial charge in [-0.15, -0.1) is 0 Å². The van der Waals surface area contributed by atoms with Crippen molar-refractivity contribution >= 4 is 34.8 Å². The third kappa shape index (κ3) is 3.17. The number of nitriles is 1. The SMILES string of the molecule is N#C/C(=N\Nc1c(C(=O)O)ccc(Cl)c1F)C(=N)N. The van der Waals surface area contributed by atoms with Crippen molar-refractivity contribution < 1.29 is 14.3 Å². The smallest absolute Gasteiger partial charge is 0.337 e. The summed E-state index contributed by atoms with van der Waals surface area (Å²) in [6.07, 6.45) is 0. The van der Waals surface area contributed by atoms with E-state index in [1.807, 2.05) is 5.43 Å². The van der Waals surface area contributed by atoms with Gasteiger partial charge in [-0.05, 0) is 12.1 Å². The molecule has 0 saturated heterocycles. The molecule has 0 unspecified atom stereocenters. The lowest BCUT2D eigenvalue weighted by molar-refractivity contribution is 0.0697. The molecule has 0 fully saturated rings. The molecule has 19 heavy (non-hydrogen) atoms. The number of nitrogens with one attached hydrogen (secondary N) is 2. The van der Waals surface area contributed by atoms with E-state index in [-0.39, 0.29) is 5.02 Å². The lowest BCUT2D eigenvalue weighted by Gasteiger charge is -2.08. The number of anilines is 1. The highest BCUT2D eigenvalue weighted by molar-refractivity contribution is 6.45. The maximum absolute atomic E-state index is 13.7. The fourth-order valence-corrected chi connectivity index (χ4v) is 1.25. The van der Waals surface area contributed by atoms with Crippen LogP contribution in [-0.2, 0) is 0 Å². The number of carboxylic acid groups (broad SMARTS) is 1. The van der Waals surface area contributed by atoms with Gasteiger partial charge in [-0.25, -0.2) is 9.18 Å². The Balaban J connectivity index is 3.28. The summed E-state index contributed by atoms with van der Waals surface area (Å²) in [5.74, 6) is -3.09. The van der Waals surface area contributed by atoms with Crippen molar-refractivity contribution in [3.63, 3.8) is 0 Å².